The van der Waals surface area contributed by atoms with E-state index in [9.17, 15) is 9.59 Å². The maximum atomic E-state index is 12.5. The van der Waals surface area contributed by atoms with Crippen LogP contribution in [-0.2, 0) is 4.79 Å². The Balaban J connectivity index is 1.66. The van der Waals surface area contributed by atoms with E-state index >= 15 is 0 Å². The summed E-state index contributed by atoms with van der Waals surface area (Å²) in [6.07, 6.45) is 3.66. The lowest BCUT2D eigenvalue weighted by Crippen LogP contribution is -2.29. The van der Waals surface area contributed by atoms with Crippen molar-refractivity contribution in [3.63, 3.8) is 0 Å². The molecule has 1 saturated heterocycles. The molecule has 1 aliphatic heterocycles. The fraction of sp³-hybridized carbons (Fsp3) is 0.278. The maximum Gasteiger partial charge on any atom is 0.256 e. The van der Waals surface area contributed by atoms with E-state index in [4.69, 9.17) is 5.73 Å². The number of nitrogen functional groups attached to an aromatic ring is 1. The number of nitrogens with two attached hydrogens (primary N) is 1. The lowest BCUT2D eigenvalue weighted by Gasteiger charge is -2.15. The first kappa shape index (κ1) is 17.3. The van der Waals surface area contributed by atoms with Crippen LogP contribution in [0.4, 0.5) is 11.5 Å². The fourth-order valence-electron chi connectivity index (χ4n) is 2.66. The molecular weight excluding hydrogens is 336 g/mol. The highest BCUT2D eigenvalue weighted by atomic mass is 32.2. The number of pyridine rings is 1. The van der Waals surface area contributed by atoms with E-state index in [0.29, 0.717) is 22.8 Å². The third-order valence-corrected chi connectivity index (χ3v) is 5.04. The standard InChI is InChI=1S/C18H20N4O2S/c19-16-8-7-13(11-20-16)21-18(24)14-5-1-2-6-15(14)25-12-17(23)22-9-3-4-10-22/h1-2,5-8,11H,3-4,9-10,12H2,(H2,19,20)(H,21,24). The molecule has 2 amide bonds. The van der Waals surface area contributed by atoms with Crippen molar-refractivity contribution in [2.75, 3.05) is 29.9 Å². The zero-order chi connectivity index (χ0) is 17.6. The minimum atomic E-state index is -0.233. The van der Waals surface area contributed by atoms with Crippen molar-refractivity contribution in [2.45, 2.75) is 17.7 Å². The van der Waals surface area contributed by atoms with Crippen molar-refractivity contribution >= 4 is 35.1 Å². The smallest absolute Gasteiger partial charge is 0.256 e. The van der Waals surface area contributed by atoms with E-state index in [2.05, 4.69) is 10.3 Å². The van der Waals surface area contributed by atoms with Crippen LogP contribution in [0.1, 0.15) is 23.2 Å². The number of amides is 2. The Labute approximate surface area is 150 Å². The van der Waals surface area contributed by atoms with Crippen molar-refractivity contribution in [3.05, 3.63) is 48.2 Å². The molecule has 0 bridgehead atoms. The summed E-state index contributed by atoms with van der Waals surface area (Å²) in [6.45, 7) is 1.68. The summed E-state index contributed by atoms with van der Waals surface area (Å²) in [6, 6.07) is 10.6. The minimum Gasteiger partial charge on any atom is -0.384 e. The van der Waals surface area contributed by atoms with E-state index in [-0.39, 0.29) is 11.8 Å². The van der Waals surface area contributed by atoms with Crippen molar-refractivity contribution in [1.29, 1.82) is 0 Å². The number of hydrogen-bond acceptors (Lipinski definition) is 5. The molecule has 0 aliphatic carbocycles. The van der Waals surface area contributed by atoms with Crippen molar-refractivity contribution in [1.82, 2.24) is 9.88 Å². The van der Waals surface area contributed by atoms with Crippen molar-refractivity contribution in [3.8, 4) is 0 Å². The molecule has 25 heavy (non-hydrogen) atoms. The van der Waals surface area contributed by atoms with E-state index in [1.807, 2.05) is 23.1 Å². The molecule has 7 heteroatoms. The second kappa shape index (κ2) is 8.02. The molecule has 3 N–H and O–H groups in total. The van der Waals surface area contributed by atoms with Crippen molar-refractivity contribution < 1.29 is 9.59 Å². The molecule has 6 nitrogen and oxygen atoms in total. The van der Waals surface area contributed by atoms with Gasteiger partial charge in [-0.2, -0.15) is 0 Å². The summed E-state index contributed by atoms with van der Waals surface area (Å²) in [5.41, 5.74) is 6.67. The molecule has 1 aromatic carbocycles. The largest absolute Gasteiger partial charge is 0.384 e. The van der Waals surface area contributed by atoms with E-state index in [1.165, 1.54) is 18.0 Å². The zero-order valence-electron chi connectivity index (χ0n) is 13.8. The first-order valence-electron chi connectivity index (χ1n) is 8.16. The summed E-state index contributed by atoms with van der Waals surface area (Å²) in [5.74, 6) is 0.631. The monoisotopic (exact) mass is 356 g/mol. The van der Waals surface area contributed by atoms with Gasteiger partial charge in [-0.15, -0.1) is 11.8 Å². The molecule has 0 spiro atoms. The van der Waals surface area contributed by atoms with Gasteiger partial charge in [0.05, 0.1) is 23.2 Å². The van der Waals surface area contributed by atoms with Crippen LogP contribution in [-0.4, -0.2) is 40.5 Å². The summed E-state index contributed by atoms with van der Waals surface area (Å²) in [5, 5.41) is 2.80. The first-order valence-corrected chi connectivity index (χ1v) is 9.14. The third-order valence-electron chi connectivity index (χ3n) is 3.99. The average Bonchev–Trinajstić information content (AvgIpc) is 3.16. The van der Waals surface area contributed by atoms with Crippen LogP contribution >= 0.6 is 11.8 Å². The number of benzene rings is 1. The fourth-order valence-corrected chi connectivity index (χ4v) is 3.61. The van der Waals surface area contributed by atoms with Crippen LogP contribution < -0.4 is 11.1 Å². The Morgan fingerprint density at radius 3 is 2.64 bits per heavy atom. The number of anilines is 2. The molecule has 0 unspecified atom stereocenters. The van der Waals surface area contributed by atoms with Crippen LogP contribution in [0.5, 0.6) is 0 Å². The molecule has 2 heterocycles. The molecule has 0 atom stereocenters. The molecule has 1 aromatic heterocycles. The average molecular weight is 356 g/mol. The van der Waals surface area contributed by atoms with Crippen LogP contribution in [0, 0.1) is 0 Å². The van der Waals surface area contributed by atoms with Crippen molar-refractivity contribution in [2.24, 2.45) is 0 Å². The number of carbonyl (C=O) groups excluding carboxylic acids is 2. The molecule has 0 radical (unpaired) electrons. The van der Waals surface area contributed by atoms with Gasteiger partial charge in [0.15, 0.2) is 0 Å². The number of carbonyl (C=O) groups is 2. The van der Waals surface area contributed by atoms with Crippen LogP contribution in [0.3, 0.4) is 0 Å². The van der Waals surface area contributed by atoms with Gasteiger partial charge in [0.1, 0.15) is 5.82 Å². The summed E-state index contributed by atoms with van der Waals surface area (Å²) < 4.78 is 0. The van der Waals surface area contributed by atoms with Gasteiger partial charge < -0.3 is 16.0 Å². The number of nitrogens with one attached hydrogen (secondary N) is 1. The predicted molar refractivity (Wildman–Crippen MR) is 99.6 cm³/mol. The zero-order valence-corrected chi connectivity index (χ0v) is 14.6. The SMILES string of the molecule is Nc1ccc(NC(=O)c2ccccc2SCC(=O)N2CCCC2)cn1. The van der Waals surface area contributed by atoms with Gasteiger partial charge in [-0.05, 0) is 37.1 Å². The second-order valence-electron chi connectivity index (χ2n) is 5.80. The molecule has 130 valence electrons. The Kier molecular flexibility index (Phi) is 5.55. The van der Waals surface area contributed by atoms with Gasteiger partial charge in [-0.25, -0.2) is 4.98 Å². The summed E-state index contributed by atoms with van der Waals surface area (Å²) in [7, 11) is 0. The third kappa shape index (κ3) is 4.51. The second-order valence-corrected chi connectivity index (χ2v) is 6.82. The van der Waals surface area contributed by atoms with E-state index < -0.39 is 0 Å². The topological polar surface area (TPSA) is 88.3 Å². The quantitative estimate of drug-likeness (QED) is 0.804. The van der Waals surface area contributed by atoms with Gasteiger partial charge >= 0.3 is 0 Å². The Hall–Kier alpha value is -2.54. The van der Waals surface area contributed by atoms with Crippen LogP contribution in [0.2, 0.25) is 0 Å². The van der Waals surface area contributed by atoms with Crippen LogP contribution in [0.15, 0.2) is 47.5 Å². The Morgan fingerprint density at radius 1 is 1.16 bits per heavy atom. The van der Waals surface area contributed by atoms with Gasteiger partial charge in [0.2, 0.25) is 5.91 Å². The lowest BCUT2D eigenvalue weighted by atomic mass is 10.2. The van der Waals surface area contributed by atoms with E-state index in [1.54, 1.807) is 18.2 Å². The number of rotatable bonds is 5. The highest BCUT2D eigenvalue weighted by Crippen LogP contribution is 2.24. The minimum absolute atomic E-state index is 0.125. The molecule has 3 rings (SSSR count). The Bertz CT molecular complexity index is 758. The van der Waals surface area contributed by atoms with Gasteiger partial charge in [0.25, 0.3) is 5.91 Å². The number of likely N-dealkylation sites (tertiary alicyclic amines) is 1. The molecular formula is C18H20N4O2S. The normalized spacial score (nSPS) is 13.7. The summed E-state index contributed by atoms with van der Waals surface area (Å²) >= 11 is 1.40. The van der Waals surface area contributed by atoms with E-state index in [0.717, 1.165) is 30.8 Å². The van der Waals surface area contributed by atoms with Gasteiger partial charge in [-0.1, -0.05) is 12.1 Å². The molecule has 1 aliphatic rings. The van der Waals surface area contributed by atoms with Gasteiger partial charge in [-0.3, -0.25) is 9.59 Å². The lowest BCUT2D eigenvalue weighted by molar-refractivity contribution is -0.127. The maximum absolute atomic E-state index is 12.5. The highest BCUT2D eigenvalue weighted by Gasteiger charge is 2.19. The number of aromatic nitrogens is 1. The Morgan fingerprint density at radius 2 is 1.92 bits per heavy atom. The number of hydrogen-bond donors (Lipinski definition) is 2. The molecule has 0 saturated carbocycles. The number of nitrogens with zero attached hydrogens (tertiary/aromatic N) is 2. The molecule has 1 fully saturated rings. The van der Waals surface area contributed by atoms with Gasteiger partial charge in [0, 0.05) is 18.0 Å². The van der Waals surface area contributed by atoms with Crippen LogP contribution in [0.25, 0.3) is 0 Å². The molecule has 2 aromatic rings. The summed E-state index contributed by atoms with van der Waals surface area (Å²) in [4.78, 5) is 31.4. The highest BCUT2D eigenvalue weighted by molar-refractivity contribution is 8.00. The predicted octanol–water partition coefficient (Wildman–Crippen LogP) is 2.63. The first-order chi connectivity index (χ1) is 12.1. The number of thioether (sulfide) groups is 1.